The molecule has 0 saturated carbocycles. The van der Waals surface area contributed by atoms with Gasteiger partial charge in [0.05, 0.1) is 42.1 Å². The molecule has 7 heteroatoms. The predicted octanol–water partition coefficient (Wildman–Crippen LogP) is 3.77. The zero-order chi connectivity index (χ0) is 23.1. The Hall–Kier alpha value is -4.46. The molecule has 0 radical (unpaired) electrons. The second kappa shape index (κ2) is 10.0. The fourth-order valence-electron chi connectivity index (χ4n) is 3.31. The van der Waals surface area contributed by atoms with Crippen molar-refractivity contribution in [3.63, 3.8) is 0 Å². The number of hydrogen-bond acceptors (Lipinski definition) is 6. The van der Waals surface area contributed by atoms with Crippen molar-refractivity contribution in [3.05, 3.63) is 89.5 Å². The van der Waals surface area contributed by atoms with Gasteiger partial charge in [0.25, 0.3) is 5.91 Å². The van der Waals surface area contributed by atoms with Crippen LogP contribution in [0.3, 0.4) is 0 Å². The standard InChI is InChI=1S/C25H20N4O3/c1-32-25(31)29(24(30)23(28)14-17-5-4-6-18(13-17)15-26)21-11-9-19(10-12-21)22-8-3-2-7-20(22)16-27/h2-13,23H,14,28H2,1H3/t23-/m0/s1. The first-order valence-electron chi connectivity index (χ1n) is 9.74. The van der Waals surface area contributed by atoms with Crippen molar-refractivity contribution in [2.75, 3.05) is 12.0 Å². The summed E-state index contributed by atoms with van der Waals surface area (Å²) in [5, 5.41) is 18.4. The van der Waals surface area contributed by atoms with E-state index in [4.69, 9.17) is 15.7 Å². The molecule has 3 aromatic rings. The van der Waals surface area contributed by atoms with E-state index >= 15 is 0 Å². The summed E-state index contributed by atoms with van der Waals surface area (Å²) in [5.41, 5.74) is 9.59. The summed E-state index contributed by atoms with van der Waals surface area (Å²) in [6.45, 7) is 0. The number of methoxy groups -OCH3 is 1. The van der Waals surface area contributed by atoms with E-state index in [1.165, 1.54) is 7.11 Å². The number of carbonyl (C=O) groups excluding carboxylic acids is 2. The fourth-order valence-corrected chi connectivity index (χ4v) is 3.31. The van der Waals surface area contributed by atoms with Crippen molar-refractivity contribution in [1.29, 1.82) is 10.5 Å². The van der Waals surface area contributed by atoms with Crippen molar-refractivity contribution in [2.24, 2.45) is 5.73 Å². The second-order valence-corrected chi connectivity index (χ2v) is 6.97. The Labute approximate surface area is 185 Å². The largest absolute Gasteiger partial charge is 0.452 e. The fraction of sp³-hybridized carbons (Fsp3) is 0.120. The molecule has 7 nitrogen and oxygen atoms in total. The topological polar surface area (TPSA) is 120 Å². The van der Waals surface area contributed by atoms with Gasteiger partial charge in [-0.25, -0.2) is 9.69 Å². The Balaban J connectivity index is 1.87. The van der Waals surface area contributed by atoms with E-state index in [0.717, 1.165) is 16.0 Å². The highest BCUT2D eigenvalue weighted by molar-refractivity contribution is 6.14. The molecule has 0 aliphatic heterocycles. The third kappa shape index (κ3) is 4.81. The smallest absolute Gasteiger partial charge is 0.420 e. The lowest BCUT2D eigenvalue weighted by Gasteiger charge is -2.23. The maximum absolute atomic E-state index is 13.1. The zero-order valence-corrected chi connectivity index (χ0v) is 17.4. The molecular weight excluding hydrogens is 404 g/mol. The number of nitrogens with zero attached hydrogens (tertiary/aromatic N) is 3. The van der Waals surface area contributed by atoms with E-state index in [1.807, 2.05) is 18.2 Å². The van der Waals surface area contributed by atoms with Gasteiger partial charge < -0.3 is 10.5 Å². The van der Waals surface area contributed by atoms with Gasteiger partial charge in [0.1, 0.15) is 0 Å². The summed E-state index contributed by atoms with van der Waals surface area (Å²) in [4.78, 5) is 26.3. The number of hydrogen-bond donors (Lipinski definition) is 1. The molecule has 0 aliphatic rings. The third-order valence-corrected chi connectivity index (χ3v) is 4.89. The molecule has 2 amide bonds. The molecule has 32 heavy (non-hydrogen) atoms. The number of nitriles is 2. The van der Waals surface area contributed by atoms with Crippen molar-refractivity contribution < 1.29 is 14.3 Å². The number of carbonyl (C=O) groups is 2. The first-order valence-corrected chi connectivity index (χ1v) is 9.74. The predicted molar refractivity (Wildman–Crippen MR) is 119 cm³/mol. The number of imide groups is 1. The maximum atomic E-state index is 13.1. The van der Waals surface area contributed by atoms with Gasteiger partial charge in [-0.15, -0.1) is 0 Å². The molecule has 0 aliphatic carbocycles. The summed E-state index contributed by atoms with van der Waals surface area (Å²) in [6.07, 6.45) is -0.712. The third-order valence-electron chi connectivity index (χ3n) is 4.89. The molecule has 3 aromatic carbocycles. The molecule has 0 spiro atoms. The first-order chi connectivity index (χ1) is 15.5. The van der Waals surface area contributed by atoms with Crippen LogP contribution >= 0.6 is 0 Å². The molecule has 3 rings (SSSR count). The van der Waals surface area contributed by atoms with Crippen LogP contribution in [0.25, 0.3) is 11.1 Å². The Morgan fingerprint density at radius 1 is 1.00 bits per heavy atom. The van der Waals surface area contributed by atoms with Crippen molar-refractivity contribution in [2.45, 2.75) is 12.5 Å². The number of anilines is 1. The molecular formula is C25H20N4O3. The van der Waals surface area contributed by atoms with Crippen molar-refractivity contribution >= 4 is 17.7 Å². The highest BCUT2D eigenvalue weighted by Gasteiger charge is 2.29. The molecule has 0 aromatic heterocycles. The average molecular weight is 424 g/mol. The summed E-state index contributed by atoms with van der Waals surface area (Å²) in [5.74, 6) is -0.635. The van der Waals surface area contributed by atoms with E-state index < -0.39 is 18.0 Å². The number of ether oxygens (including phenoxy) is 1. The van der Waals surface area contributed by atoms with Gasteiger partial charge in [-0.1, -0.05) is 42.5 Å². The highest BCUT2D eigenvalue weighted by atomic mass is 16.5. The minimum absolute atomic E-state index is 0.148. The van der Waals surface area contributed by atoms with Crippen LogP contribution < -0.4 is 10.6 Å². The second-order valence-electron chi connectivity index (χ2n) is 6.97. The monoisotopic (exact) mass is 424 g/mol. The molecule has 1 atom stereocenters. The average Bonchev–Trinajstić information content (AvgIpc) is 2.84. The normalized spacial score (nSPS) is 11.0. The lowest BCUT2D eigenvalue weighted by molar-refractivity contribution is -0.119. The van der Waals surface area contributed by atoms with Crippen LogP contribution in [0.1, 0.15) is 16.7 Å². The first kappa shape index (κ1) is 22.2. The van der Waals surface area contributed by atoms with Gasteiger partial charge in [-0.3, -0.25) is 4.79 Å². The highest BCUT2D eigenvalue weighted by Crippen LogP contribution is 2.26. The zero-order valence-electron chi connectivity index (χ0n) is 17.4. The van der Waals surface area contributed by atoms with Gasteiger partial charge in [0.2, 0.25) is 0 Å². The van der Waals surface area contributed by atoms with Crippen LogP contribution in [-0.2, 0) is 16.0 Å². The van der Waals surface area contributed by atoms with Gasteiger partial charge >= 0.3 is 6.09 Å². The number of benzene rings is 3. The van der Waals surface area contributed by atoms with Crippen LogP contribution in [0.15, 0.2) is 72.8 Å². The van der Waals surface area contributed by atoms with Gasteiger partial charge in [-0.2, -0.15) is 10.5 Å². The Kier molecular flexibility index (Phi) is 6.97. The van der Waals surface area contributed by atoms with Crippen LogP contribution in [-0.4, -0.2) is 25.2 Å². The van der Waals surface area contributed by atoms with Crippen LogP contribution in [0, 0.1) is 22.7 Å². The Morgan fingerprint density at radius 3 is 2.38 bits per heavy atom. The summed E-state index contributed by atoms with van der Waals surface area (Å²) < 4.78 is 4.80. The number of nitrogens with two attached hydrogens (primary N) is 1. The molecule has 0 fully saturated rings. The molecule has 0 heterocycles. The van der Waals surface area contributed by atoms with Gasteiger partial charge in [0, 0.05) is 0 Å². The van der Waals surface area contributed by atoms with Crippen LogP contribution in [0.4, 0.5) is 10.5 Å². The van der Waals surface area contributed by atoms with Gasteiger partial charge in [0.15, 0.2) is 0 Å². The molecule has 158 valence electrons. The van der Waals surface area contributed by atoms with E-state index in [-0.39, 0.29) is 6.42 Å². The lowest BCUT2D eigenvalue weighted by atomic mass is 10.00. The molecule has 0 unspecified atom stereocenters. The Bertz CT molecular complexity index is 1220. The van der Waals surface area contributed by atoms with E-state index in [1.54, 1.807) is 60.7 Å². The summed E-state index contributed by atoms with van der Waals surface area (Å²) >= 11 is 0. The van der Waals surface area contributed by atoms with Crippen molar-refractivity contribution in [1.82, 2.24) is 0 Å². The quantitative estimate of drug-likeness (QED) is 0.666. The van der Waals surface area contributed by atoms with E-state index in [9.17, 15) is 14.9 Å². The molecule has 0 bridgehead atoms. The van der Waals surface area contributed by atoms with E-state index in [2.05, 4.69) is 6.07 Å². The lowest BCUT2D eigenvalue weighted by Crippen LogP contribution is -2.48. The minimum atomic E-state index is -1.03. The maximum Gasteiger partial charge on any atom is 0.420 e. The Morgan fingerprint density at radius 2 is 1.72 bits per heavy atom. The van der Waals surface area contributed by atoms with Crippen molar-refractivity contribution in [3.8, 4) is 23.3 Å². The summed E-state index contributed by atoms with van der Waals surface area (Å²) in [6, 6.07) is 23.7. The molecule has 0 saturated heterocycles. The van der Waals surface area contributed by atoms with Crippen LogP contribution in [0.2, 0.25) is 0 Å². The van der Waals surface area contributed by atoms with Gasteiger partial charge in [-0.05, 0) is 53.4 Å². The number of amides is 2. The minimum Gasteiger partial charge on any atom is -0.452 e. The SMILES string of the molecule is COC(=O)N(C(=O)[C@@H](N)Cc1cccc(C#N)c1)c1ccc(-c2ccccc2C#N)cc1. The van der Waals surface area contributed by atoms with Crippen LogP contribution in [0.5, 0.6) is 0 Å². The summed E-state index contributed by atoms with van der Waals surface area (Å²) in [7, 11) is 1.18. The number of rotatable bonds is 5. The molecule has 2 N–H and O–H groups in total. The van der Waals surface area contributed by atoms with E-state index in [0.29, 0.717) is 22.4 Å².